The first-order chi connectivity index (χ1) is 16.3. The molecule has 33 heavy (non-hydrogen) atoms. The summed E-state index contributed by atoms with van der Waals surface area (Å²) in [6.07, 6.45) is 0. The van der Waals surface area contributed by atoms with Gasteiger partial charge in [0, 0.05) is 0 Å². The van der Waals surface area contributed by atoms with E-state index in [-0.39, 0.29) is 5.41 Å². The van der Waals surface area contributed by atoms with Gasteiger partial charge in [0.1, 0.15) is 11.5 Å². The van der Waals surface area contributed by atoms with E-state index in [4.69, 9.17) is 9.47 Å². The predicted molar refractivity (Wildman–Crippen MR) is 140 cm³/mol. The van der Waals surface area contributed by atoms with Crippen LogP contribution in [0.3, 0.4) is 0 Å². The van der Waals surface area contributed by atoms with E-state index in [9.17, 15) is 0 Å². The molecule has 4 aromatic rings. The van der Waals surface area contributed by atoms with E-state index in [1.54, 1.807) is 14.2 Å². The van der Waals surface area contributed by atoms with Gasteiger partial charge in [-0.1, -0.05) is 100 Å². The number of fused-ring (bicyclic) bond motifs is 3. The maximum absolute atomic E-state index is 5.42. The molecule has 0 aromatic heterocycles. The Bertz CT molecular complexity index is 1060. The molecule has 0 N–H and O–H groups in total. The third-order valence-corrected chi connectivity index (χ3v) is 6.00. The van der Waals surface area contributed by atoms with Crippen molar-refractivity contribution in [2.24, 2.45) is 0 Å². The van der Waals surface area contributed by atoms with Crippen LogP contribution in [0, 0.1) is 0 Å². The van der Waals surface area contributed by atoms with Gasteiger partial charge in [-0.3, -0.25) is 0 Å². The van der Waals surface area contributed by atoms with Gasteiger partial charge >= 0.3 is 0 Å². The minimum atomic E-state index is -0.383. The van der Waals surface area contributed by atoms with Crippen LogP contribution in [-0.2, 0) is 5.41 Å². The molecule has 2 nitrogen and oxygen atoms in total. The van der Waals surface area contributed by atoms with Crippen molar-refractivity contribution in [3.8, 4) is 22.6 Å². The zero-order valence-corrected chi connectivity index (χ0v) is 20.6. The van der Waals surface area contributed by atoms with E-state index in [2.05, 4.69) is 72.8 Å². The van der Waals surface area contributed by atoms with Crippen LogP contribution in [-0.4, -0.2) is 14.2 Å². The zero-order valence-electron chi connectivity index (χ0n) is 20.6. The Morgan fingerprint density at radius 3 is 1.12 bits per heavy atom. The van der Waals surface area contributed by atoms with Gasteiger partial charge < -0.3 is 9.47 Å². The fraction of sp³-hybridized carbons (Fsp3) is 0.226. The molecule has 0 spiro atoms. The lowest BCUT2D eigenvalue weighted by Gasteiger charge is -2.34. The van der Waals surface area contributed by atoms with E-state index in [0.717, 1.165) is 11.5 Å². The molecule has 0 unspecified atom stereocenters. The lowest BCUT2D eigenvalue weighted by molar-refractivity contribution is 0.414. The van der Waals surface area contributed by atoms with Gasteiger partial charge in [0.15, 0.2) is 0 Å². The standard InChI is InChI=1S/C27H22O2.2C2H6/c1-28-21-15-11-19(12-16-21)27(20-13-17-22(29-2)18-14-20)25-9-5-3-7-23(25)24-8-4-6-10-26(24)27;2*1-2/h3-18H,1-2H3;2*1-2H3. The fourth-order valence-corrected chi connectivity index (χ4v) is 4.71. The average molecular weight is 439 g/mol. The maximum Gasteiger partial charge on any atom is 0.118 e. The van der Waals surface area contributed by atoms with E-state index in [1.807, 2.05) is 52.0 Å². The van der Waals surface area contributed by atoms with Crippen molar-refractivity contribution in [2.75, 3.05) is 14.2 Å². The fourth-order valence-electron chi connectivity index (χ4n) is 4.71. The summed E-state index contributed by atoms with van der Waals surface area (Å²) in [7, 11) is 3.41. The Morgan fingerprint density at radius 1 is 0.455 bits per heavy atom. The Hall–Kier alpha value is -3.52. The van der Waals surface area contributed by atoms with Crippen LogP contribution in [0.5, 0.6) is 11.5 Å². The highest BCUT2D eigenvalue weighted by Gasteiger charge is 2.45. The summed E-state index contributed by atoms with van der Waals surface area (Å²) in [6, 6.07) is 34.4. The largest absolute Gasteiger partial charge is 0.497 e. The third kappa shape index (κ3) is 4.02. The molecule has 1 aliphatic carbocycles. The lowest BCUT2D eigenvalue weighted by atomic mass is 9.68. The molecule has 0 saturated carbocycles. The number of methoxy groups -OCH3 is 2. The van der Waals surface area contributed by atoms with Gasteiger partial charge in [0.2, 0.25) is 0 Å². The molecule has 0 radical (unpaired) electrons. The first kappa shape index (κ1) is 24.1. The minimum absolute atomic E-state index is 0.383. The van der Waals surface area contributed by atoms with Crippen molar-refractivity contribution in [1.29, 1.82) is 0 Å². The van der Waals surface area contributed by atoms with Crippen molar-refractivity contribution in [2.45, 2.75) is 33.1 Å². The molecule has 0 aliphatic heterocycles. The molecule has 0 fully saturated rings. The summed E-state index contributed by atoms with van der Waals surface area (Å²) in [4.78, 5) is 0. The van der Waals surface area contributed by atoms with Crippen molar-refractivity contribution < 1.29 is 9.47 Å². The van der Waals surface area contributed by atoms with Crippen molar-refractivity contribution in [1.82, 2.24) is 0 Å². The number of rotatable bonds is 4. The normalized spacial score (nSPS) is 12.2. The number of ether oxygens (including phenoxy) is 2. The zero-order chi connectivity index (χ0) is 23.8. The summed E-state index contributed by atoms with van der Waals surface area (Å²) >= 11 is 0. The van der Waals surface area contributed by atoms with Crippen LogP contribution in [0.2, 0.25) is 0 Å². The highest BCUT2D eigenvalue weighted by molar-refractivity contribution is 5.86. The Morgan fingerprint density at radius 2 is 0.788 bits per heavy atom. The van der Waals surface area contributed by atoms with Crippen molar-refractivity contribution in [3.63, 3.8) is 0 Å². The first-order valence-corrected chi connectivity index (χ1v) is 11.8. The summed E-state index contributed by atoms with van der Waals surface area (Å²) in [5, 5.41) is 0. The second-order valence-electron chi connectivity index (χ2n) is 7.30. The average Bonchev–Trinajstić information content (AvgIpc) is 3.22. The molecule has 0 atom stereocenters. The smallest absolute Gasteiger partial charge is 0.118 e. The molecule has 2 heteroatoms. The summed E-state index contributed by atoms with van der Waals surface area (Å²) in [6.45, 7) is 8.00. The predicted octanol–water partition coefficient (Wildman–Crippen LogP) is 8.12. The van der Waals surface area contributed by atoms with Gasteiger partial charge in [0.05, 0.1) is 19.6 Å². The maximum atomic E-state index is 5.42. The highest BCUT2D eigenvalue weighted by Crippen LogP contribution is 2.56. The summed E-state index contributed by atoms with van der Waals surface area (Å²) < 4.78 is 10.8. The molecule has 0 amide bonds. The summed E-state index contributed by atoms with van der Waals surface area (Å²) in [5.74, 6) is 1.72. The van der Waals surface area contributed by atoms with E-state index < -0.39 is 0 Å². The topological polar surface area (TPSA) is 18.5 Å². The quantitative estimate of drug-likeness (QED) is 0.282. The SMILES string of the molecule is CC.CC.COc1ccc(C2(c3ccc(OC)cc3)c3ccccc3-c3ccccc32)cc1. The van der Waals surface area contributed by atoms with E-state index >= 15 is 0 Å². The van der Waals surface area contributed by atoms with Crippen LogP contribution in [0.25, 0.3) is 11.1 Å². The van der Waals surface area contributed by atoms with Gasteiger partial charge in [-0.15, -0.1) is 0 Å². The van der Waals surface area contributed by atoms with Crippen molar-refractivity contribution >= 4 is 0 Å². The van der Waals surface area contributed by atoms with E-state index in [0.29, 0.717) is 0 Å². The molecule has 0 heterocycles. The van der Waals surface area contributed by atoms with Crippen LogP contribution >= 0.6 is 0 Å². The Balaban J connectivity index is 0.000000728. The van der Waals surface area contributed by atoms with Crippen LogP contribution in [0.4, 0.5) is 0 Å². The Kier molecular flexibility index (Phi) is 7.95. The minimum Gasteiger partial charge on any atom is -0.497 e. The highest BCUT2D eigenvalue weighted by atomic mass is 16.5. The van der Waals surface area contributed by atoms with Crippen LogP contribution < -0.4 is 9.47 Å². The van der Waals surface area contributed by atoms with Gasteiger partial charge in [-0.05, 0) is 57.6 Å². The number of hydrogen-bond donors (Lipinski definition) is 0. The molecular formula is C31H34O2. The second kappa shape index (κ2) is 10.9. The Labute approximate surface area is 198 Å². The van der Waals surface area contributed by atoms with E-state index in [1.165, 1.54) is 33.4 Å². The summed E-state index contributed by atoms with van der Waals surface area (Å²) in [5.41, 5.74) is 7.24. The second-order valence-corrected chi connectivity index (χ2v) is 7.30. The lowest BCUT2D eigenvalue weighted by Crippen LogP contribution is -2.28. The molecule has 170 valence electrons. The van der Waals surface area contributed by atoms with Gasteiger partial charge in [-0.25, -0.2) is 0 Å². The van der Waals surface area contributed by atoms with Gasteiger partial charge in [-0.2, -0.15) is 0 Å². The first-order valence-electron chi connectivity index (χ1n) is 11.8. The van der Waals surface area contributed by atoms with Gasteiger partial charge in [0.25, 0.3) is 0 Å². The third-order valence-electron chi connectivity index (χ3n) is 6.00. The molecular weight excluding hydrogens is 404 g/mol. The van der Waals surface area contributed by atoms with Crippen molar-refractivity contribution in [3.05, 3.63) is 119 Å². The molecule has 4 aromatic carbocycles. The number of benzene rings is 4. The monoisotopic (exact) mass is 438 g/mol. The molecule has 0 saturated heterocycles. The van der Waals surface area contributed by atoms with Crippen LogP contribution in [0.1, 0.15) is 49.9 Å². The molecule has 5 rings (SSSR count). The molecule has 1 aliphatic rings. The van der Waals surface area contributed by atoms with Crippen LogP contribution in [0.15, 0.2) is 97.1 Å². The molecule has 0 bridgehead atoms. The number of hydrogen-bond acceptors (Lipinski definition) is 2.